The van der Waals surface area contributed by atoms with Crippen LogP contribution in [0, 0.1) is 13.8 Å². The molecule has 0 fully saturated rings. The number of alkyl halides is 3. The highest BCUT2D eigenvalue weighted by molar-refractivity contribution is 5.61. The molecule has 1 aromatic heterocycles. The fourth-order valence-corrected chi connectivity index (χ4v) is 3.29. The SMILES string of the molecule is COc1cn(Cc2ccccc2)c(Nc2cc(C)c(CCC(F)(F)F)cc2C)nc1=O. The van der Waals surface area contributed by atoms with Gasteiger partial charge in [-0.05, 0) is 48.6 Å². The first kappa shape index (κ1) is 22.4. The van der Waals surface area contributed by atoms with Crippen molar-refractivity contribution in [3.63, 3.8) is 0 Å². The molecule has 0 bridgehead atoms. The molecule has 0 aliphatic heterocycles. The molecule has 0 saturated carbocycles. The van der Waals surface area contributed by atoms with Crippen molar-refractivity contribution in [3.05, 3.63) is 81.3 Å². The van der Waals surface area contributed by atoms with Crippen LogP contribution in [0.5, 0.6) is 5.75 Å². The Labute approximate surface area is 178 Å². The Morgan fingerprint density at radius 1 is 1.10 bits per heavy atom. The monoisotopic (exact) mass is 431 g/mol. The van der Waals surface area contributed by atoms with E-state index < -0.39 is 18.2 Å². The molecule has 1 N–H and O–H groups in total. The summed E-state index contributed by atoms with van der Waals surface area (Å²) in [6.45, 7) is 4.03. The zero-order valence-electron chi connectivity index (χ0n) is 17.6. The maximum absolute atomic E-state index is 12.6. The summed E-state index contributed by atoms with van der Waals surface area (Å²) < 4.78 is 44.7. The summed E-state index contributed by atoms with van der Waals surface area (Å²) in [7, 11) is 1.41. The summed E-state index contributed by atoms with van der Waals surface area (Å²) in [5, 5.41) is 3.17. The smallest absolute Gasteiger partial charge is 0.389 e. The minimum Gasteiger partial charge on any atom is -0.490 e. The van der Waals surface area contributed by atoms with Gasteiger partial charge in [0.2, 0.25) is 11.7 Å². The predicted molar refractivity (Wildman–Crippen MR) is 114 cm³/mol. The Hall–Kier alpha value is -3.29. The van der Waals surface area contributed by atoms with Crippen molar-refractivity contribution in [1.82, 2.24) is 9.55 Å². The van der Waals surface area contributed by atoms with Crippen LogP contribution in [-0.2, 0) is 13.0 Å². The van der Waals surface area contributed by atoms with E-state index in [1.807, 2.05) is 37.3 Å². The van der Waals surface area contributed by atoms with Crippen LogP contribution in [0.25, 0.3) is 0 Å². The zero-order chi connectivity index (χ0) is 22.6. The molecule has 8 heteroatoms. The quantitative estimate of drug-likeness (QED) is 0.562. The first-order chi connectivity index (χ1) is 14.7. The van der Waals surface area contributed by atoms with Gasteiger partial charge in [0.1, 0.15) is 0 Å². The number of hydrogen-bond donors (Lipinski definition) is 1. The molecular weight excluding hydrogens is 407 g/mol. The Balaban J connectivity index is 1.93. The third kappa shape index (κ3) is 5.87. The highest BCUT2D eigenvalue weighted by atomic mass is 19.4. The average molecular weight is 431 g/mol. The lowest BCUT2D eigenvalue weighted by Crippen LogP contribution is -2.19. The molecule has 164 valence electrons. The number of nitrogens with zero attached hydrogens (tertiary/aromatic N) is 2. The Morgan fingerprint density at radius 3 is 2.45 bits per heavy atom. The van der Waals surface area contributed by atoms with Crippen LogP contribution < -0.4 is 15.6 Å². The van der Waals surface area contributed by atoms with Crippen molar-refractivity contribution in [2.75, 3.05) is 12.4 Å². The van der Waals surface area contributed by atoms with E-state index in [-0.39, 0.29) is 12.2 Å². The Kier molecular flexibility index (Phi) is 6.68. The number of nitrogens with one attached hydrogen (secondary N) is 1. The molecule has 0 atom stereocenters. The molecule has 0 saturated heterocycles. The molecule has 5 nitrogen and oxygen atoms in total. The van der Waals surface area contributed by atoms with E-state index in [1.165, 1.54) is 7.11 Å². The molecule has 0 radical (unpaired) electrons. The molecule has 1 heterocycles. The van der Waals surface area contributed by atoms with Gasteiger partial charge in [-0.25, -0.2) is 0 Å². The molecule has 0 unspecified atom stereocenters. The summed E-state index contributed by atoms with van der Waals surface area (Å²) in [4.78, 5) is 16.4. The third-order valence-corrected chi connectivity index (χ3v) is 4.99. The van der Waals surface area contributed by atoms with Gasteiger partial charge in [0.05, 0.1) is 19.9 Å². The van der Waals surface area contributed by atoms with E-state index in [4.69, 9.17) is 4.74 Å². The molecule has 3 aromatic rings. The van der Waals surface area contributed by atoms with Gasteiger partial charge in [0, 0.05) is 12.1 Å². The molecule has 0 spiro atoms. The van der Waals surface area contributed by atoms with Crippen molar-refractivity contribution >= 4 is 11.6 Å². The zero-order valence-corrected chi connectivity index (χ0v) is 17.6. The lowest BCUT2D eigenvalue weighted by Gasteiger charge is -2.18. The van der Waals surface area contributed by atoms with Gasteiger partial charge in [-0.3, -0.25) is 4.79 Å². The van der Waals surface area contributed by atoms with Crippen LogP contribution in [0.1, 0.15) is 28.7 Å². The minimum absolute atomic E-state index is 0.0735. The summed E-state index contributed by atoms with van der Waals surface area (Å²) in [6.07, 6.45) is -3.55. The number of halogens is 3. The number of hydrogen-bond acceptors (Lipinski definition) is 4. The first-order valence-electron chi connectivity index (χ1n) is 9.79. The summed E-state index contributed by atoms with van der Waals surface area (Å²) in [6, 6.07) is 13.2. The minimum atomic E-state index is -4.20. The van der Waals surface area contributed by atoms with Gasteiger partial charge in [0.15, 0.2) is 0 Å². The highest BCUT2D eigenvalue weighted by Crippen LogP contribution is 2.28. The molecule has 0 amide bonds. The molecule has 2 aromatic carbocycles. The van der Waals surface area contributed by atoms with Crippen LogP contribution in [0.4, 0.5) is 24.8 Å². The topological polar surface area (TPSA) is 56.1 Å². The fourth-order valence-electron chi connectivity index (χ4n) is 3.29. The van der Waals surface area contributed by atoms with Crippen LogP contribution in [0.3, 0.4) is 0 Å². The Morgan fingerprint density at radius 2 is 1.81 bits per heavy atom. The van der Waals surface area contributed by atoms with Crippen molar-refractivity contribution < 1.29 is 17.9 Å². The van der Waals surface area contributed by atoms with Gasteiger partial charge in [-0.15, -0.1) is 0 Å². The van der Waals surface area contributed by atoms with Crippen LogP contribution in [0.2, 0.25) is 0 Å². The lowest BCUT2D eigenvalue weighted by atomic mass is 9.99. The van der Waals surface area contributed by atoms with Crippen molar-refractivity contribution in [2.45, 2.75) is 39.4 Å². The Bertz CT molecular complexity index is 1110. The van der Waals surface area contributed by atoms with E-state index >= 15 is 0 Å². The van der Waals surface area contributed by atoms with Crippen molar-refractivity contribution in [3.8, 4) is 5.75 Å². The van der Waals surface area contributed by atoms with Gasteiger partial charge < -0.3 is 14.6 Å². The van der Waals surface area contributed by atoms with Crippen LogP contribution in [-0.4, -0.2) is 22.8 Å². The predicted octanol–water partition coefficient (Wildman–Crippen LogP) is 5.16. The number of benzene rings is 2. The molecular formula is C23H24F3N3O2. The number of rotatable bonds is 7. The van der Waals surface area contributed by atoms with Crippen LogP contribution in [0.15, 0.2) is 53.5 Å². The molecule has 0 aliphatic carbocycles. The van der Waals surface area contributed by atoms with E-state index in [9.17, 15) is 18.0 Å². The van der Waals surface area contributed by atoms with Crippen molar-refractivity contribution in [2.24, 2.45) is 0 Å². The maximum Gasteiger partial charge on any atom is 0.389 e. The molecule has 3 rings (SSSR count). The standard InChI is InChI=1S/C23H24F3N3O2/c1-15-12-19(16(2)11-18(15)9-10-23(24,25)26)27-22-28-21(30)20(31-3)14-29(22)13-17-7-5-4-6-8-17/h4-8,11-12,14H,9-10,13H2,1-3H3,(H,27,28,30). The molecule has 31 heavy (non-hydrogen) atoms. The maximum atomic E-state index is 12.6. The van der Waals surface area contributed by atoms with E-state index in [0.29, 0.717) is 23.7 Å². The largest absolute Gasteiger partial charge is 0.490 e. The van der Waals surface area contributed by atoms with Gasteiger partial charge >= 0.3 is 11.7 Å². The highest BCUT2D eigenvalue weighted by Gasteiger charge is 2.26. The van der Waals surface area contributed by atoms with Gasteiger partial charge in [-0.2, -0.15) is 18.2 Å². The summed E-state index contributed by atoms with van der Waals surface area (Å²) in [5.41, 5.74) is 3.32. The second-order valence-corrected chi connectivity index (χ2v) is 7.39. The lowest BCUT2D eigenvalue weighted by molar-refractivity contribution is -0.134. The number of methoxy groups -OCH3 is 1. The van der Waals surface area contributed by atoms with Gasteiger partial charge in [-0.1, -0.05) is 36.4 Å². The summed E-state index contributed by atoms with van der Waals surface area (Å²) >= 11 is 0. The number of anilines is 2. The number of ether oxygens (including phenoxy) is 1. The second kappa shape index (κ2) is 9.24. The van der Waals surface area contributed by atoms with Crippen molar-refractivity contribution in [1.29, 1.82) is 0 Å². The van der Waals surface area contributed by atoms with Gasteiger partial charge in [0.25, 0.3) is 0 Å². The number of aromatic nitrogens is 2. The van der Waals surface area contributed by atoms with E-state index in [2.05, 4.69) is 10.3 Å². The summed E-state index contributed by atoms with van der Waals surface area (Å²) in [5.74, 6) is 0.442. The number of aryl methyl sites for hydroxylation is 3. The normalized spacial score (nSPS) is 11.4. The third-order valence-electron chi connectivity index (χ3n) is 4.99. The fraction of sp³-hybridized carbons (Fsp3) is 0.304. The van der Waals surface area contributed by atoms with Crippen LogP contribution >= 0.6 is 0 Å². The first-order valence-corrected chi connectivity index (χ1v) is 9.79. The van der Waals surface area contributed by atoms with E-state index in [0.717, 1.165) is 16.7 Å². The average Bonchev–Trinajstić information content (AvgIpc) is 2.71. The van der Waals surface area contributed by atoms with E-state index in [1.54, 1.807) is 29.8 Å². The second-order valence-electron chi connectivity index (χ2n) is 7.39. The molecule has 0 aliphatic rings.